The molecule has 1 saturated heterocycles. The van der Waals surface area contributed by atoms with Gasteiger partial charge in [-0.2, -0.15) is 0 Å². The predicted molar refractivity (Wildman–Crippen MR) is 123 cm³/mol. The van der Waals surface area contributed by atoms with Gasteiger partial charge in [0.1, 0.15) is 0 Å². The number of aliphatic hydroxyl groups is 1. The highest BCUT2D eigenvalue weighted by Gasteiger charge is 2.56. The summed E-state index contributed by atoms with van der Waals surface area (Å²) >= 11 is 12.1. The molecule has 0 bridgehead atoms. The molecule has 0 radical (unpaired) electrons. The van der Waals surface area contributed by atoms with E-state index in [1.807, 2.05) is 0 Å². The Bertz CT molecular complexity index is 1150. The maximum atomic E-state index is 13.7. The van der Waals surface area contributed by atoms with Crippen LogP contribution in [0.25, 0.3) is 0 Å². The second kappa shape index (κ2) is 8.00. The molecule has 1 heterocycles. The van der Waals surface area contributed by atoms with Crippen molar-refractivity contribution in [3.63, 3.8) is 0 Å². The lowest BCUT2D eigenvalue weighted by molar-refractivity contribution is 0.0372. The molecule has 2 atom stereocenters. The van der Waals surface area contributed by atoms with E-state index in [1.54, 1.807) is 79.7 Å². The summed E-state index contributed by atoms with van der Waals surface area (Å²) in [6.45, 7) is 3.23. The third-order valence-electron chi connectivity index (χ3n) is 5.59. The first-order valence-electron chi connectivity index (χ1n) is 9.72. The Labute approximate surface area is 190 Å². The minimum atomic E-state index is -1.74. The number of hydrogen-bond acceptors (Lipinski definition) is 3. The van der Waals surface area contributed by atoms with E-state index in [-0.39, 0.29) is 5.78 Å². The van der Waals surface area contributed by atoms with Crippen molar-refractivity contribution in [3.8, 4) is 0 Å². The molecule has 7 heteroatoms. The summed E-state index contributed by atoms with van der Waals surface area (Å²) < 4.78 is 0. The Balaban J connectivity index is 1.91. The topological polar surface area (TPSA) is 60.9 Å². The highest BCUT2D eigenvalue weighted by Crippen LogP contribution is 2.44. The molecule has 158 valence electrons. The van der Waals surface area contributed by atoms with Crippen LogP contribution in [0.4, 0.5) is 16.2 Å². The molecule has 0 aliphatic carbocycles. The van der Waals surface area contributed by atoms with Gasteiger partial charge in [0.05, 0.1) is 6.04 Å². The highest BCUT2D eigenvalue weighted by molar-refractivity contribution is 6.31. The van der Waals surface area contributed by atoms with Gasteiger partial charge >= 0.3 is 6.03 Å². The van der Waals surface area contributed by atoms with E-state index in [0.29, 0.717) is 32.5 Å². The van der Waals surface area contributed by atoms with Crippen LogP contribution in [0.2, 0.25) is 10.0 Å². The summed E-state index contributed by atoms with van der Waals surface area (Å²) in [5.74, 6) is -0.130. The largest absolute Gasteiger partial charge is 0.365 e. The lowest BCUT2D eigenvalue weighted by Gasteiger charge is -2.36. The van der Waals surface area contributed by atoms with Crippen LogP contribution in [0.5, 0.6) is 0 Å². The number of anilines is 2. The van der Waals surface area contributed by atoms with Crippen LogP contribution < -0.4 is 9.80 Å². The zero-order valence-corrected chi connectivity index (χ0v) is 18.4. The Morgan fingerprint density at radius 1 is 0.935 bits per heavy atom. The van der Waals surface area contributed by atoms with Gasteiger partial charge in [0.25, 0.3) is 0 Å². The Morgan fingerprint density at radius 3 is 2.03 bits per heavy atom. The summed E-state index contributed by atoms with van der Waals surface area (Å²) in [7, 11) is 0. The van der Waals surface area contributed by atoms with Gasteiger partial charge < -0.3 is 5.11 Å². The number of Topliss-reactive ketones (excluding diaryl/α,β-unsaturated/α-hetero) is 1. The first-order valence-corrected chi connectivity index (χ1v) is 10.5. The van der Waals surface area contributed by atoms with Crippen LogP contribution in [0.3, 0.4) is 0 Å². The summed E-state index contributed by atoms with van der Waals surface area (Å²) in [4.78, 5) is 28.5. The first-order chi connectivity index (χ1) is 14.7. The first kappa shape index (κ1) is 21.4. The normalized spacial score (nSPS) is 20.9. The number of halogens is 2. The molecule has 3 aromatic carbocycles. The molecule has 1 aliphatic rings. The van der Waals surface area contributed by atoms with E-state index in [0.717, 1.165) is 0 Å². The van der Waals surface area contributed by atoms with Crippen LogP contribution >= 0.6 is 23.2 Å². The molecular weight excluding hydrogens is 435 g/mol. The number of ketones is 1. The summed E-state index contributed by atoms with van der Waals surface area (Å²) in [5, 5.41) is 13.1. The van der Waals surface area contributed by atoms with Crippen molar-refractivity contribution in [2.75, 3.05) is 9.80 Å². The quantitative estimate of drug-likeness (QED) is 0.500. The second-order valence-corrected chi connectivity index (χ2v) is 8.35. The minimum Gasteiger partial charge on any atom is -0.365 e. The fraction of sp³-hybridized carbons (Fsp3) is 0.167. The number of urea groups is 1. The van der Waals surface area contributed by atoms with Crippen molar-refractivity contribution in [2.24, 2.45) is 0 Å². The van der Waals surface area contributed by atoms with Gasteiger partial charge in [-0.15, -0.1) is 0 Å². The van der Waals surface area contributed by atoms with Crippen LogP contribution in [0.1, 0.15) is 29.8 Å². The van der Waals surface area contributed by atoms with Crippen molar-refractivity contribution in [2.45, 2.75) is 25.6 Å². The van der Waals surface area contributed by atoms with E-state index in [4.69, 9.17) is 23.2 Å². The lowest BCUT2D eigenvalue weighted by atomic mass is 9.92. The summed E-state index contributed by atoms with van der Waals surface area (Å²) in [5.41, 5.74) is 0.225. The summed E-state index contributed by atoms with van der Waals surface area (Å²) in [6, 6.07) is 19.1. The van der Waals surface area contributed by atoms with Crippen molar-refractivity contribution >= 4 is 46.4 Å². The van der Waals surface area contributed by atoms with Gasteiger partial charge in [-0.1, -0.05) is 41.4 Å². The van der Waals surface area contributed by atoms with Gasteiger partial charge in [0.2, 0.25) is 0 Å². The minimum absolute atomic E-state index is 0.130. The van der Waals surface area contributed by atoms with E-state index in [9.17, 15) is 14.7 Å². The molecule has 0 aromatic heterocycles. The van der Waals surface area contributed by atoms with Gasteiger partial charge in [-0.3, -0.25) is 14.6 Å². The highest BCUT2D eigenvalue weighted by atomic mass is 35.5. The van der Waals surface area contributed by atoms with E-state index >= 15 is 0 Å². The molecule has 5 nitrogen and oxygen atoms in total. The van der Waals surface area contributed by atoms with Crippen molar-refractivity contribution in [1.29, 1.82) is 0 Å². The monoisotopic (exact) mass is 454 g/mol. The van der Waals surface area contributed by atoms with Crippen LogP contribution in [-0.4, -0.2) is 23.0 Å². The average Bonchev–Trinajstić information content (AvgIpc) is 2.96. The Morgan fingerprint density at radius 2 is 1.48 bits per heavy atom. The Hall–Kier alpha value is -2.86. The number of carbonyl (C=O) groups excluding carboxylic acids is 2. The zero-order valence-electron chi connectivity index (χ0n) is 16.9. The predicted octanol–water partition coefficient (Wildman–Crippen LogP) is 5.88. The second-order valence-electron chi connectivity index (χ2n) is 7.48. The molecule has 0 spiro atoms. The van der Waals surface area contributed by atoms with E-state index in [1.165, 1.54) is 16.7 Å². The molecule has 1 fully saturated rings. The molecular formula is C24H20Cl2N2O3. The SMILES string of the molecule is CC(=O)c1cccc(C2(O)[C@H](C)N(c3ccc(Cl)cc3)C(=O)N2c2ccc(Cl)cc2)c1. The van der Waals surface area contributed by atoms with Gasteiger partial charge in [-0.05, 0) is 68.4 Å². The van der Waals surface area contributed by atoms with Gasteiger partial charge in [0, 0.05) is 32.5 Å². The molecule has 2 amide bonds. The molecule has 0 saturated carbocycles. The molecule has 1 aliphatic heterocycles. The third kappa shape index (κ3) is 3.59. The number of hydrogen-bond donors (Lipinski definition) is 1. The van der Waals surface area contributed by atoms with Crippen LogP contribution in [0.15, 0.2) is 72.8 Å². The molecule has 1 N–H and O–H groups in total. The third-order valence-corrected chi connectivity index (χ3v) is 6.10. The summed E-state index contributed by atoms with van der Waals surface area (Å²) in [6.07, 6.45) is 0. The number of nitrogens with zero attached hydrogens (tertiary/aromatic N) is 2. The fourth-order valence-corrected chi connectivity index (χ4v) is 4.21. The van der Waals surface area contributed by atoms with Gasteiger partial charge in [0.15, 0.2) is 11.5 Å². The maximum Gasteiger partial charge on any atom is 0.332 e. The number of amides is 2. The van der Waals surface area contributed by atoms with Crippen molar-refractivity contribution < 1.29 is 14.7 Å². The van der Waals surface area contributed by atoms with E-state index in [2.05, 4.69) is 0 Å². The number of carbonyl (C=O) groups is 2. The standard InChI is InChI=1S/C24H20Cl2N2O3/c1-15(29)17-4-3-5-18(14-17)24(31)16(2)27(21-10-6-19(25)7-11-21)23(30)28(24)22-12-8-20(26)9-13-22/h3-14,16,31H,1-2H3/t16-,24?/m0/s1. The average molecular weight is 455 g/mol. The molecule has 3 aromatic rings. The van der Waals surface area contributed by atoms with Crippen LogP contribution in [-0.2, 0) is 5.72 Å². The van der Waals surface area contributed by atoms with Gasteiger partial charge in [-0.25, -0.2) is 4.79 Å². The van der Waals surface area contributed by atoms with Crippen LogP contribution in [0, 0.1) is 0 Å². The zero-order chi connectivity index (χ0) is 22.3. The number of rotatable bonds is 4. The lowest BCUT2D eigenvalue weighted by Crippen LogP contribution is -2.48. The smallest absolute Gasteiger partial charge is 0.332 e. The molecule has 1 unspecified atom stereocenters. The molecule has 4 rings (SSSR count). The number of benzene rings is 3. The Kier molecular flexibility index (Phi) is 5.52. The van der Waals surface area contributed by atoms with Crippen molar-refractivity contribution in [3.05, 3.63) is 94.0 Å². The maximum absolute atomic E-state index is 13.7. The fourth-order valence-electron chi connectivity index (χ4n) is 3.96. The molecule has 31 heavy (non-hydrogen) atoms. The van der Waals surface area contributed by atoms with Crippen molar-refractivity contribution in [1.82, 2.24) is 0 Å². The van der Waals surface area contributed by atoms with E-state index < -0.39 is 17.8 Å².